The molecule has 0 amide bonds. The maximum absolute atomic E-state index is 12.8. The Morgan fingerprint density at radius 2 is 0.921 bits per heavy atom. The molecule has 0 aromatic heterocycles. The summed E-state index contributed by atoms with van der Waals surface area (Å²) in [6.07, 6.45) is 58.7. The van der Waals surface area contributed by atoms with Gasteiger partial charge in [0, 0.05) is 13.0 Å². The zero-order valence-corrected chi connectivity index (χ0v) is 42.9. The summed E-state index contributed by atoms with van der Waals surface area (Å²) in [5.74, 6) is -0.342. The van der Waals surface area contributed by atoms with Gasteiger partial charge in [-0.3, -0.25) is 9.36 Å². The summed E-state index contributed by atoms with van der Waals surface area (Å²) in [4.78, 5) is 25.2. The molecule has 8 nitrogen and oxygen atoms in total. The van der Waals surface area contributed by atoms with Crippen LogP contribution < -0.4 is 4.89 Å². The molecule has 0 radical (unpaired) electrons. The number of hydrogen-bond acceptors (Lipinski definition) is 7. The van der Waals surface area contributed by atoms with Crippen molar-refractivity contribution < 1.29 is 37.3 Å². The van der Waals surface area contributed by atoms with E-state index in [1.165, 1.54) is 141 Å². The first-order valence-corrected chi connectivity index (χ1v) is 27.8. The predicted molar refractivity (Wildman–Crippen MR) is 268 cm³/mol. The molecule has 0 aliphatic carbocycles. The molecular formula is C54H102NO7P. The Labute approximate surface area is 390 Å². The Balaban J connectivity index is 4.09. The summed E-state index contributed by atoms with van der Waals surface area (Å²) in [7, 11) is 1.34. The van der Waals surface area contributed by atoms with Crippen LogP contribution in [0.2, 0.25) is 0 Å². The molecule has 2 unspecified atom stereocenters. The minimum Gasteiger partial charge on any atom is -0.756 e. The quantitative estimate of drug-likeness (QED) is 0.0197. The molecule has 0 fully saturated rings. The van der Waals surface area contributed by atoms with E-state index in [0.717, 1.165) is 70.6 Å². The average Bonchev–Trinajstić information content (AvgIpc) is 3.24. The number of carbonyl (C=O) groups is 1. The fraction of sp³-hybridized carbons (Fsp3) is 0.833. The Hall–Kier alpha value is -1.54. The molecular weight excluding hydrogens is 806 g/mol. The third-order valence-corrected chi connectivity index (χ3v) is 12.4. The smallest absolute Gasteiger partial charge is 0.306 e. The largest absolute Gasteiger partial charge is 0.756 e. The van der Waals surface area contributed by atoms with Gasteiger partial charge >= 0.3 is 5.97 Å². The maximum atomic E-state index is 12.8. The van der Waals surface area contributed by atoms with Crippen molar-refractivity contribution in [2.24, 2.45) is 0 Å². The number of phosphoric acid groups is 1. The number of likely N-dealkylation sites (N-methyl/N-ethyl adjacent to an activating group) is 1. The van der Waals surface area contributed by atoms with Gasteiger partial charge in [0.1, 0.15) is 19.3 Å². The van der Waals surface area contributed by atoms with Crippen LogP contribution in [-0.2, 0) is 27.9 Å². The van der Waals surface area contributed by atoms with Crippen LogP contribution in [0.4, 0.5) is 0 Å². The Bertz CT molecular complexity index is 1150. The molecule has 2 atom stereocenters. The van der Waals surface area contributed by atoms with Gasteiger partial charge in [0.2, 0.25) is 0 Å². The monoisotopic (exact) mass is 908 g/mol. The molecule has 0 saturated carbocycles. The van der Waals surface area contributed by atoms with Gasteiger partial charge in [-0.1, -0.05) is 223 Å². The molecule has 0 heterocycles. The fourth-order valence-electron chi connectivity index (χ4n) is 7.36. The number of nitrogens with zero attached hydrogens (tertiary/aromatic N) is 1. The molecule has 0 aromatic rings. The van der Waals surface area contributed by atoms with Crippen molar-refractivity contribution in [3.63, 3.8) is 0 Å². The van der Waals surface area contributed by atoms with Crippen LogP contribution in [0.25, 0.3) is 0 Å². The van der Waals surface area contributed by atoms with Gasteiger partial charge in [-0.2, -0.15) is 0 Å². The summed E-state index contributed by atoms with van der Waals surface area (Å²) in [5.41, 5.74) is 0. The number of quaternary nitrogens is 1. The molecule has 0 aliphatic rings. The van der Waals surface area contributed by atoms with Crippen molar-refractivity contribution >= 4 is 13.8 Å². The lowest BCUT2D eigenvalue weighted by molar-refractivity contribution is -0.870. The lowest BCUT2D eigenvalue weighted by Crippen LogP contribution is -2.37. The highest BCUT2D eigenvalue weighted by Gasteiger charge is 2.20. The van der Waals surface area contributed by atoms with E-state index in [4.69, 9.17) is 18.5 Å². The van der Waals surface area contributed by atoms with E-state index in [1.807, 2.05) is 21.1 Å². The van der Waals surface area contributed by atoms with E-state index in [9.17, 15) is 14.3 Å². The number of unbranched alkanes of at least 4 members (excludes halogenated alkanes) is 27. The highest BCUT2D eigenvalue weighted by molar-refractivity contribution is 7.45. The first kappa shape index (κ1) is 61.5. The van der Waals surface area contributed by atoms with Crippen LogP contribution in [0.1, 0.15) is 232 Å². The Morgan fingerprint density at radius 3 is 1.37 bits per heavy atom. The van der Waals surface area contributed by atoms with Gasteiger partial charge in [-0.15, -0.1) is 0 Å². The zero-order chi connectivity index (χ0) is 46.2. The standard InChI is InChI=1S/C54H102NO7P/c1-6-8-10-12-14-16-18-20-22-24-25-26-27-28-29-30-31-32-33-35-37-39-41-43-45-47-54(56)62-53(52-61-63(57,58)60-50-48-55(3,4)5)51-59-49-46-44-42-40-38-36-34-23-21-19-17-15-13-11-9-7-2/h9,11,15,17,21,23,36,38,53H,6-8,10,12-14,16,18-20,22,24-35,37,39-52H2,1-5H3/b11-9-,17-15-,23-21-,38-36-. The van der Waals surface area contributed by atoms with E-state index in [2.05, 4.69) is 62.5 Å². The van der Waals surface area contributed by atoms with Crippen molar-refractivity contribution in [1.29, 1.82) is 0 Å². The average molecular weight is 908 g/mol. The number of phosphoric ester groups is 1. The first-order valence-electron chi connectivity index (χ1n) is 26.4. The van der Waals surface area contributed by atoms with Crippen molar-refractivity contribution in [2.75, 3.05) is 54.1 Å². The summed E-state index contributed by atoms with van der Waals surface area (Å²) >= 11 is 0. The third-order valence-electron chi connectivity index (χ3n) is 11.4. The zero-order valence-electron chi connectivity index (χ0n) is 42.0. The number of carbonyl (C=O) groups excluding carboxylic acids is 1. The van der Waals surface area contributed by atoms with Gasteiger partial charge in [-0.25, -0.2) is 0 Å². The fourth-order valence-corrected chi connectivity index (χ4v) is 8.09. The van der Waals surface area contributed by atoms with E-state index in [-0.39, 0.29) is 25.8 Å². The molecule has 9 heteroatoms. The number of rotatable bonds is 49. The Morgan fingerprint density at radius 1 is 0.508 bits per heavy atom. The lowest BCUT2D eigenvalue weighted by Gasteiger charge is -2.28. The SMILES string of the molecule is CC/C=C\C/C=C\C/C=C\C/C=C\CCCCCOCC(COP(=O)([O-])OCC[N+](C)(C)C)OC(=O)CCCCCCCCCCCCCCCCCCCCCCCCCCC. The van der Waals surface area contributed by atoms with Gasteiger partial charge in [0.05, 0.1) is 34.4 Å². The van der Waals surface area contributed by atoms with Crippen LogP contribution in [0.5, 0.6) is 0 Å². The highest BCUT2D eigenvalue weighted by atomic mass is 31.2. The Kier molecular flexibility index (Phi) is 45.8. The highest BCUT2D eigenvalue weighted by Crippen LogP contribution is 2.38. The molecule has 63 heavy (non-hydrogen) atoms. The molecule has 0 spiro atoms. The molecule has 0 bridgehead atoms. The second-order valence-electron chi connectivity index (χ2n) is 18.9. The number of hydrogen-bond donors (Lipinski definition) is 0. The minimum atomic E-state index is -4.54. The normalized spacial score (nSPS) is 13.9. The second-order valence-corrected chi connectivity index (χ2v) is 20.3. The van der Waals surface area contributed by atoms with Crippen LogP contribution in [0.15, 0.2) is 48.6 Å². The number of esters is 1. The third kappa shape index (κ3) is 51.3. The maximum Gasteiger partial charge on any atom is 0.306 e. The number of allylic oxidation sites excluding steroid dienone is 8. The molecule has 0 N–H and O–H groups in total. The molecule has 0 saturated heterocycles. The van der Waals surface area contributed by atoms with Crippen LogP contribution >= 0.6 is 7.82 Å². The summed E-state index contributed by atoms with van der Waals surface area (Å²) in [5, 5.41) is 0. The van der Waals surface area contributed by atoms with E-state index >= 15 is 0 Å². The molecule has 0 rings (SSSR count). The molecule has 370 valence electrons. The molecule has 0 aliphatic heterocycles. The van der Waals surface area contributed by atoms with E-state index in [1.54, 1.807) is 0 Å². The van der Waals surface area contributed by atoms with Crippen LogP contribution in [0, 0.1) is 0 Å². The van der Waals surface area contributed by atoms with E-state index < -0.39 is 13.9 Å². The summed E-state index contributed by atoms with van der Waals surface area (Å²) in [6.45, 7) is 5.25. The topological polar surface area (TPSA) is 94.1 Å². The predicted octanol–water partition coefficient (Wildman–Crippen LogP) is 15.7. The minimum absolute atomic E-state index is 0.0196. The summed E-state index contributed by atoms with van der Waals surface area (Å²) < 4.78 is 34.7. The van der Waals surface area contributed by atoms with Crippen LogP contribution in [-0.4, -0.2) is 70.7 Å². The van der Waals surface area contributed by atoms with Crippen molar-refractivity contribution in [2.45, 2.75) is 238 Å². The van der Waals surface area contributed by atoms with Crippen LogP contribution in [0.3, 0.4) is 0 Å². The summed E-state index contributed by atoms with van der Waals surface area (Å²) in [6, 6.07) is 0. The lowest BCUT2D eigenvalue weighted by atomic mass is 10.0. The molecule has 0 aromatic carbocycles. The first-order chi connectivity index (χ1) is 30.6. The van der Waals surface area contributed by atoms with Gasteiger partial charge in [0.15, 0.2) is 0 Å². The van der Waals surface area contributed by atoms with Gasteiger partial charge in [-0.05, 0) is 51.4 Å². The van der Waals surface area contributed by atoms with Gasteiger partial charge < -0.3 is 27.9 Å². The second kappa shape index (κ2) is 47.0. The number of ether oxygens (including phenoxy) is 2. The van der Waals surface area contributed by atoms with Crippen molar-refractivity contribution in [3.05, 3.63) is 48.6 Å². The van der Waals surface area contributed by atoms with Crippen molar-refractivity contribution in [3.8, 4) is 0 Å². The van der Waals surface area contributed by atoms with Crippen molar-refractivity contribution in [1.82, 2.24) is 0 Å². The van der Waals surface area contributed by atoms with Gasteiger partial charge in [0.25, 0.3) is 7.82 Å². The van der Waals surface area contributed by atoms with E-state index in [0.29, 0.717) is 24.1 Å².